The summed E-state index contributed by atoms with van der Waals surface area (Å²) in [7, 11) is 0. The largest absolute Gasteiger partial charge is 0.508 e. The van der Waals surface area contributed by atoms with Gasteiger partial charge in [-0.2, -0.15) is 0 Å². The third-order valence-electron chi connectivity index (χ3n) is 4.71. The van der Waals surface area contributed by atoms with Gasteiger partial charge in [-0.25, -0.2) is 0 Å². The van der Waals surface area contributed by atoms with Crippen molar-refractivity contribution in [3.63, 3.8) is 0 Å². The van der Waals surface area contributed by atoms with Crippen LogP contribution in [0.2, 0.25) is 0 Å². The van der Waals surface area contributed by atoms with Gasteiger partial charge in [0.25, 0.3) is 0 Å². The molecule has 2 heteroatoms. The van der Waals surface area contributed by atoms with Gasteiger partial charge in [0.05, 0.1) is 0 Å². The predicted molar refractivity (Wildman–Crippen MR) is 101 cm³/mol. The number of ketones is 1. The SMILES string of the molecule is Cc1cc(O)ccc1C(=O)C(C)C(c1ccccc1)c1ccccc1. The molecule has 0 fully saturated rings. The summed E-state index contributed by atoms with van der Waals surface area (Å²) in [6.07, 6.45) is 0. The fourth-order valence-corrected chi connectivity index (χ4v) is 3.41. The van der Waals surface area contributed by atoms with Crippen LogP contribution in [0.15, 0.2) is 78.9 Å². The number of Topliss-reactive ketones (excluding diaryl/α,β-unsaturated/α-hetero) is 1. The molecule has 0 aromatic heterocycles. The summed E-state index contributed by atoms with van der Waals surface area (Å²) in [6.45, 7) is 3.85. The highest BCUT2D eigenvalue weighted by Crippen LogP contribution is 2.34. The maximum Gasteiger partial charge on any atom is 0.166 e. The van der Waals surface area contributed by atoms with Crippen LogP contribution in [0.5, 0.6) is 5.75 Å². The number of carbonyl (C=O) groups is 1. The number of phenols is 1. The molecule has 126 valence electrons. The molecule has 0 saturated carbocycles. The molecule has 0 bridgehead atoms. The molecule has 0 heterocycles. The molecule has 0 aliphatic carbocycles. The monoisotopic (exact) mass is 330 g/mol. The molecule has 3 aromatic carbocycles. The summed E-state index contributed by atoms with van der Waals surface area (Å²) in [5.41, 5.74) is 3.73. The molecule has 25 heavy (non-hydrogen) atoms. The quantitative estimate of drug-likeness (QED) is 0.640. The zero-order valence-corrected chi connectivity index (χ0v) is 14.5. The van der Waals surface area contributed by atoms with Crippen LogP contribution in [-0.2, 0) is 0 Å². The number of hydrogen-bond donors (Lipinski definition) is 1. The Morgan fingerprint density at radius 1 is 0.840 bits per heavy atom. The van der Waals surface area contributed by atoms with Gasteiger partial charge in [-0.1, -0.05) is 67.6 Å². The van der Waals surface area contributed by atoms with E-state index in [4.69, 9.17) is 0 Å². The topological polar surface area (TPSA) is 37.3 Å². The standard InChI is InChI=1S/C23H22O2/c1-16-15-20(24)13-14-21(16)23(25)17(2)22(18-9-5-3-6-10-18)19-11-7-4-8-12-19/h3-15,17,22,24H,1-2H3. The van der Waals surface area contributed by atoms with Crippen LogP contribution in [-0.4, -0.2) is 10.9 Å². The molecule has 1 N–H and O–H groups in total. The van der Waals surface area contributed by atoms with Gasteiger partial charge in [0.1, 0.15) is 5.75 Å². The van der Waals surface area contributed by atoms with Crippen molar-refractivity contribution in [2.75, 3.05) is 0 Å². The number of rotatable bonds is 5. The van der Waals surface area contributed by atoms with Gasteiger partial charge < -0.3 is 5.11 Å². The maximum atomic E-state index is 13.2. The molecular weight excluding hydrogens is 308 g/mol. The van der Waals surface area contributed by atoms with Crippen molar-refractivity contribution in [1.82, 2.24) is 0 Å². The minimum atomic E-state index is -0.215. The molecular formula is C23H22O2. The molecule has 0 saturated heterocycles. The van der Waals surface area contributed by atoms with E-state index in [0.29, 0.717) is 5.56 Å². The van der Waals surface area contributed by atoms with Gasteiger partial charge in [0.2, 0.25) is 0 Å². The zero-order valence-electron chi connectivity index (χ0n) is 14.5. The fraction of sp³-hybridized carbons (Fsp3) is 0.174. The summed E-state index contributed by atoms with van der Waals surface area (Å²) >= 11 is 0. The molecule has 1 atom stereocenters. The number of phenolic OH excluding ortho intramolecular Hbond substituents is 1. The first-order valence-corrected chi connectivity index (χ1v) is 8.51. The first-order chi connectivity index (χ1) is 12.1. The molecule has 3 aromatic rings. The first-order valence-electron chi connectivity index (χ1n) is 8.51. The predicted octanol–water partition coefficient (Wildman–Crippen LogP) is 5.35. The Bertz CT molecular complexity index is 814. The normalized spacial score (nSPS) is 12.1. The van der Waals surface area contributed by atoms with E-state index in [1.54, 1.807) is 18.2 Å². The Balaban J connectivity index is 2.02. The van der Waals surface area contributed by atoms with E-state index in [9.17, 15) is 9.90 Å². The van der Waals surface area contributed by atoms with E-state index >= 15 is 0 Å². The molecule has 3 rings (SSSR count). The summed E-state index contributed by atoms with van der Waals surface area (Å²) in [4.78, 5) is 13.2. The van der Waals surface area contributed by atoms with Crippen molar-refractivity contribution in [1.29, 1.82) is 0 Å². The van der Waals surface area contributed by atoms with Crippen molar-refractivity contribution in [3.8, 4) is 5.75 Å². The fourth-order valence-electron chi connectivity index (χ4n) is 3.41. The lowest BCUT2D eigenvalue weighted by Crippen LogP contribution is -2.21. The molecule has 0 amide bonds. The van der Waals surface area contributed by atoms with Crippen LogP contribution >= 0.6 is 0 Å². The molecule has 0 spiro atoms. The van der Waals surface area contributed by atoms with E-state index in [-0.39, 0.29) is 23.4 Å². The molecule has 1 unspecified atom stereocenters. The number of hydrogen-bond acceptors (Lipinski definition) is 2. The molecule has 0 radical (unpaired) electrons. The average molecular weight is 330 g/mol. The van der Waals surface area contributed by atoms with Crippen molar-refractivity contribution in [2.45, 2.75) is 19.8 Å². The van der Waals surface area contributed by atoms with Gasteiger partial charge in [-0.3, -0.25) is 4.79 Å². The second-order valence-corrected chi connectivity index (χ2v) is 6.45. The summed E-state index contributed by atoms with van der Waals surface area (Å²) in [5, 5.41) is 9.61. The summed E-state index contributed by atoms with van der Waals surface area (Å²) in [5.74, 6) is 0.0516. The number of aryl methyl sites for hydroxylation is 1. The lowest BCUT2D eigenvalue weighted by molar-refractivity contribution is 0.0918. The Morgan fingerprint density at radius 2 is 1.36 bits per heavy atom. The van der Waals surface area contributed by atoms with Gasteiger partial charge in [-0.05, 0) is 41.8 Å². The Morgan fingerprint density at radius 3 is 1.84 bits per heavy atom. The minimum Gasteiger partial charge on any atom is -0.508 e. The summed E-state index contributed by atoms with van der Waals surface area (Å²) in [6, 6.07) is 25.2. The van der Waals surface area contributed by atoms with Crippen LogP contribution in [0, 0.1) is 12.8 Å². The van der Waals surface area contributed by atoms with Crippen LogP contribution < -0.4 is 0 Å². The highest BCUT2D eigenvalue weighted by molar-refractivity contribution is 5.99. The Labute approximate surface area is 148 Å². The van der Waals surface area contributed by atoms with Crippen LogP contribution in [0.1, 0.15) is 39.9 Å². The lowest BCUT2D eigenvalue weighted by Gasteiger charge is -2.25. The van der Waals surface area contributed by atoms with Crippen molar-refractivity contribution < 1.29 is 9.90 Å². The van der Waals surface area contributed by atoms with Crippen LogP contribution in [0.25, 0.3) is 0 Å². The Kier molecular flexibility index (Phi) is 4.99. The minimum absolute atomic E-state index is 0.0110. The van der Waals surface area contributed by atoms with E-state index in [2.05, 4.69) is 24.3 Å². The first kappa shape index (κ1) is 17.0. The Hall–Kier alpha value is -2.87. The maximum absolute atomic E-state index is 13.2. The second-order valence-electron chi connectivity index (χ2n) is 6.45. The van der Waals surface area contributed by atoms with E-state index in [1.807, 2.05) is 50.2 Å². The molecule has 2 nitrogen and oxygen atoms in total. The molecule has 0 aliphatic heterocycles. The van der Waals surface area contributed by atoms with Gasteiger partial charge in [0, 0.05) is 17.4 Å². The zero-order chi connectivity index (χ0) is 17.8. The highest BCUT2D eigenvalue weighted by atomic mass is 16.3. The molecule has 0 aliphatic rings. The van der Waals surface area contributed by atoms with E-state index < -0.39 is 0 Å². The third kappa shape index (κ3) is 3.63. The number of benzene rings is 3. The highest BCUT2D eigenvalue weighted by Gasteiger charge is 2.28. The van der Waals surface area contributed by atoms with Gasteiger partial charge in [-0.15, -0.1) is 0 Å². The number of aromatic hydroxyl groups is 1. The van der Waals surface area contributed by atoms with Gasteiger partial charge in [0.15, 0.2) is 5.78 Å². The van der Waals surface area contributed by atoms with Crippen molar-refractivity contribution in [3.05, 3.63) is 101 Å². The second kappa shape index (κ2) is 7.35. The van der Waals surface area contributed by atoms with Crippen molar-refractivity contribution >= 4 is 5.78 Å². The van der Waals surface area contributed by atoms with E-state index in [1.165, 1.54) is 0 Å². The van der Waals surface area contributed by atoms with E-state index in [0.717, 1.165) is 16.7 Å². The average Bonchev–Trinajstić information content (AvgIpc) is 2.63. The van der Waals surface area contributed by atoms with Gasteiger partial charge >= 0.3 is 0 Å². The number of carbonyl (C=O) groups excluding carboxylic acids is 1. The third-order valence-corrected chi connectivity index (χ3v) is 4.71. The smallest absolute Gasteiger partial charge is 0.166 e. The lowest BCUT2D eigenvalue weighted by atomic mass is 9.77. The van der Waals surface area contributed by atoms with Crippen LogP contribution in [0.4, 0.5) is 0 Å². The van der Waals surface area contributed by atoms with Crippen molar-refractivity contribution in [2.24, 2.45) is 5.92 Å². The van der Waals surface area contributed by atoms with Crippen LogP contribution in [0.3, 0.4) is 0 Å². The summed E-state index contributed by atoms with van der Waals surface area (Å²) < 4.78 is 0.